The van der Waals surface area contributed by atoms with Gasteiger partial charge in [0.15, 0.2) is 0 Å². The van der Waals surface area contributed by atoms with Crippen LogP contribution in [0.25, 0.3) is 21.8 Å². The van der Waals surface area contributed by atoms with Crippen LogP contribution in [0.4, 0.5) is 5.69 Å². The van der Waals surface area contributed by atoms with Crippen molar-refractivity contribution in [3.05, 3.63) is 36.7 Å². The van der Waals surface area contributed by atoms with Gasteiger partial charge in [0.25, 0.3) is 0 Å². The first-order valence-corrected chi connectivity index (χ1v) is 4.46. The van der Waals surface area contributed by atoms with Gasteiger partial charge in [-0.15, -0.1) is 0 Å². The van der Waals surface area contributed by atoms with Crippen LogP contribution in [0.2, 0.25) is 0 Å². The molecule has 2 heterocycles. The van der Waals surface area contributed by atoms with Gasteiger partial charge >= 0.3 is 0 Å². The van der Waals surface area contributed by atoms with E-state index < -0.39 is 0 Å². The van der Waals surface area contributed by atoms with Crippen molar-refractivity contribution >= 4 is 27.5 Å². The van der Waals surface area contributed by atoms with Crippen LogP contribution in [0, 0.1) is 0 Å². The van der Waals surface area contributed by atoms with Crippen molar-refractivity contribution in [2.75, 3.05) is 5.73 Å². The number of para-hydroxylation sites is 1. The fraction of sp³-hybridized carbons (Fsp3) is 0. The van der Waals surface area contributed by atoms with Crippen LogP contribution < -0.4 is 5.73 Å². The number of anilines is 1. The molecule has 3 aromatic rings. The highest BCUT2D eigenvalue weighted by Gasteiger charge is 2.04. The molecule has 1 aromatic carbocycles. The molecular formula is C11H9N3. The monoisotopic (exact) mass is 183 g/mol. The van der Waals surface area contributed by atoms with Gasteiger partial charge in [0.05, 0.1) is 22.9 Å². The van der Waals surface area contributed by atoms with Crippen LogP contribution in [-0.4, -0.2) is 9.97 Å². The number of nitrogens with one attached hydrogen (secondary N) is 1. The summed E-state index contributed by atoms with van der Waals surface area (Å²) in [5.74, 6) is 0. The highest BCUT2D eigenvalue weighted by atomic mass is 14.8. The lowest BCUT2D eigenvalue weighted by Gasteiger charge is -1.93. The van der Waals surface area contributed by atoms with Crippen molar-refractivity contribution in [3.8, 4) is 0 Å². The van der Waals surface area contributed by atoms with Gasteiger partial charge in [-0.2, -0.15) is 0 Å². The first kappa shape index (κ1) is 7.38. The summed E-state index contributed by atoms with van der Waals surface area (Å²) in [6.07, 6.45) is 3.60. The highest BCUT2D eigenvalue weighted by molar-refractivity contribution is 6.10. The molecule has 0 unspecified atom stereocenters. The minimum atomic E-state index is 0.777. The zero-order valence-corrected chi connectivity index (χ0v) is 7.49. The van der Waals surface area contributed by atoms with Crippen molar-refractivity contribution in [3.63, 3.8) is 0 Å². The van der Waals surface area contributed by atoms with E-state index in [4.69, 9.17) is 5.73 Å². The van der Waals surface area contributed by atoms with Gasteiger partial charge in [0.2, 0.25) is 0 Å². The molecule has 2 aromatic heterocycles. The number of hydrogen-bond acceptors (Lipinski definition) is 2. The molecule has 0 aliphatic carbocycles. The van der Waals surface area contributed by atoms with Crippen molar-refractivity contribution in [1.82, 2.24) is 9.97 Å². The predicted molar refractivity (Wildman–Crippen MR) is 58.0 cm³/mol. The topological polar surface area (TPSA) is 54.7 Å². The number of aromatic amines is 1. The van der Waals surface area contributed by atoms with E-state index in [2.05, 4.69) is 16.0 Å². The number of hydrogen-bond donors (Lipinski definition) is 2. The Balaban J connectivity index is 2.63. The van der Waals surface area contributed by atoms with Crippen molar-refractivity contribution in [1.29, 1.82) is 0 Å². The number of rotatable bonds is 0. The number of nitrogens with zero attached hydrogens (tertiary/aromatic N) is 1. The number of aromatic nitrogens is 2. The Morgan fingerprint density at radius 1 is 1.14 bits per heavy atom. The maximum atomic E-state index is 5.87. The summed E-state index contributed by atoms with van der Waals surface area (Å²) >= 11 is 0. The molecule has 14 heavy (non-hydrogen) atoms. The molecule has 0 aliphatic heterocycles. The molecule has 0 fully saturated rings. The number of H-pyrrole nitrogens is 1. The third-order valence-corrected chi connectivity index (χ3v) is 2.47. The minimum Gasteiger partial charge on any atom is -0.397 e. The second kappa shape index (κ2) is 2.48. The van der Waals surface area contributed by atoms with E-state index in [0.29, 0.717) is 0 Å². The quantitative estimate of drug-likeness (QED) is 0.525. The summed E-state index contributed by atoms with van der Waals surface area (Å²) in [7, 11) is 0. The number of fused-ring (bicyclic) bond motifs is 3. The van der Waals surface area contributed by atoms with Gasteiger partial charge < -0.3 is 10.7 Å². The highest BCUT2D eigenvalue weighted by Crippen LogP contribution is 2.27. The van der Waals surface area contributed by atoms with Crippen LogP contribution in [0.1, 0.15) is 0 Å². The maximum Gasteiger partial charge on any atom is 0.0698 e. The van der Waals surface area contributed by atoms with E-state index >= 15 is 0 Å². The smallest absolute Gasteiger partial charge is 0.0698 e. The number of pyridine rings is 1. The van der Waals surface area contributed by atoms with Gasteiger partial charge in [0.1, 0.15) is 0 Å². The summed E-state index contributed by atoms with van der Waals surface area (Å²) in [6, 6.07) is 7.91. The van der Waals surface area contributed by atoms with E-state index in [0.717, 1.165) is 22.1 Å². The van der Waals surface area contributed by atoms with Gasteiger partial charge in [-0.1, -0.05) is 12.1 Å². The molecule has 0 saturated heterocycles. The lowest BCUT2D eigenvalue weighted by molar-refractivity contribution is 1.35. The zero-order chi connectivity index (χ0) is 9.54. The molecule has 68 valence electrons. The molecule has 3 N–H and O–H groups in total. The first-order valence-electron chi connectivity index (χ1n) is 4.46. The third-order valence-electron chi connectivity index (χ3n) is 2.47. The normalized spacial score (nSPS) is 11.1. The first-order chi connectivity index (χ1) is 6.86. The lowest BCUT2D eigenvalue weighted by atomic mass is 10.2. The number of benzene rings is 1. The van der Waals surface area contributed by atoms with Crippen molar-refractivity contribution < 1.29 is 0 Å². The molecule has 3 nitrogen and oxygen atoms in total. The largest absolute Gasteiger partial charge is 0.397 e. The third kappa shape index (κ3) is 0.836. The van der Waals surface area contributed by atoms with E-state index in [-0.39, 0.29) is 0 Å². The Kier molecular flexibility index (Phi) is 1.31. The molecule has 3 heteroatoms. The molecule has 3 rings (SSSR count). The summed E-state index contributed by atoms with van der Waals surface area (Å²) in [6.45, 7) is 0. The standard InChI is InChI=1S/C11H9N3/c12-9-3-1-2-8-7-4-5-13-6-10(7)14-11(8)9/h1-6,14H,12H2. The number of nitrogen functional groups attached to an aromatic ring is 1. The van der Waals surface area contributed by atoms with Crippen LogP contribution in [0.5, 0.6) is 0 Å². The Bertz CT molecular complexity index is 610. The summed E-state index contributed by atoms with van der Waals surface area (Å²) in [5, 5.41) is 2.32. The fourth-order valence-corrected chi connectivity index (χ4v) is 1.80. The van der Waals surface area contributed by atoms with Crippen LogP contribution >= 0.6 is 0 Å². The Hall–Kier alpha value is -2.03. The Morgan fingerprint density at radius 2 is 2.07 bits per heavy atom. The Labute approximate surface area is 80.6 Å². The second-order valence-electron chi connectivity index (χ2n) is 3.32. The van der Waals surface area contributed by atoms with Gasteiger partial charge in [0, 0.05) is 17.0 Å². The van der Waals surface area contributed by atoms with Crippen LogP contribution in [0.15, 0.2) is 36.7 Å². The molecule has 0 spiro atoms. The maximum absolute atomic E-state index is 5.87. The van der Waals surface area contributed by atoms with E-state index in [1.807, 2.05) is 24.4 Å². The molecule has 0 radical (unpaired) electrons. The predicted octanol–water partition coefficient (Wildman–Crippen LogP) is 2.30. The van der Waals surface area contributed by atoms with Gasteiger partial charge in [-0.25, -0.2) is 0 Å². The fourth-order valence-electron chi connectivity index (χ4n) is 1.80. The molecule has 0 amide bonds. The Morgan fingerprint density at radius 3 is 3.00 bits per heavy atom. The van der Waals surface area contributed by atoms with Crippen molar-refractivity contribution in [2.45, 2.75) is 0 Å². The van der Waals surface area contributed by atoms with Gasteiger partial charge in [-0.3, -0.25) is 4.98 Å². The minimum absolute atomic E-state index is 0.777. The van der Waals surface area contributed by atoms with E-state index in [9.17, 15) is 0 Å². The zero-order valence-electron chi connectivity index (χ0n) is 7.49. The van der Waals surface area contributed by atoms with Crippen molar-refractivity contribution in [2.24, 2.45) is 0 Å². The van der Waals surface area contributed by atoms with E-state index in [1.54, 1.807) is 6.20 Å². The summed E-state index contributed by atoms with van der Waals surface area (Å²) in [5.41, 5.74) is 8.67. The average Bonchev–Trinajstić information content (AvgIpc) is 2.59. The molecule has 0 bridgehead atoms. The molecular weight excluding hydrogens is 174 g/mol. The second-order valence-corrected chi connectivity index (χ2v) is 3.32. The van der Waals surface area contributed by atoms with Gasteiger partial charge in [-0.05, 0) is 12.1 Å². The molecule has 0 saturated carbocycles. The average molecular weight is 183 g/mol. The lowest BCUT2D eigenvalue weighted by Crippen LogP contribution is -1.84. The number of nitrogens with two attached hydrogens (primary N) is 1. The summed E-state index contributed by atoms with van der Waals surface area (Å²) < 4.78 is 0. The van der Waals surface area contributed by atoms with E-state index in [1.165, 1.54) is 5.39 Å². The SMILES string of the molecule is Nc1cccc2c1[nH]c1cnccc12. The van der Waals surface area contributed by atoms with Crippen LogP contribution in [0.3, 0.4) is 0 Å². The molecule has 0 aliphatic rings. The summed E-state index contributed by atoms with van der Waals surface area (Å²) in [4.78, 5) is 7.32. The van der Waals surface area contributed by atoms with Crippen LogP contribution in [-0.2, 0) is 0 Å². The molecule has 0 atom stereocenters.